The highest BCUT2D eigenvalue weighted by atomic mass is 16.5. The Kier molecular flexibility index (Phi) is 3.12. The topological polar surface area (TPSA) is 66.8 Å². The molecular formula is C10H10O4. The quantitative estimate of drug-likeness (QED) is 0.715. The monoisotopic (exact) mass is 194 g/mol. The molecule has 0 radical (unpaired) electrons. The lowest BCUT2D eigenvalue weighted by atomic mass is 10.1. The Hall–Kier alpha value is -1.97. The van der Waals surface area contributed by atoms with Crippen LogP contribution in [0.2, 0.25) is 0 Å². The van der Waals surface area contributed by atoms with Crippen molar-refractivity contribution in [3.8, 4) is 11.5 Å². The van der Waals surface area contributed by atoms with Crippen LogP contribution in [0.25, 0.3) is 6.08 Å². The number of hydrogen-bond donors (Lipinski definition) is 2. The van der Waals surface area contributed by atoms with Gasteiger partial charge in [-0.05, 0) is 18.2 Å². The molecule has 74 valence electrons. The van der Waals surface area contributed by atoms with E-state index >= 15 is 0 Å². The van der Waals surface area contributed by atoms with Crippen LogP contribution < -0.4 is 4.74 Å². The first-order chi connectivity index (χ1) is 6.65. The molecule has 0 saturated carbocycles. The molecule has 0 fully saturated rings. The molecule has 0 aromatic heterocycles. The molecule has 0 aliphatic carbocycles. The number of phenols is 1. The lowest BCUT2D eigenvalue weighted by molar-refractivity contribution is -0.131. The van der Waals surface area contributed by atoms with Crippen molar-refractivity contribution in [2.75, 3.05) is 7.11 Å². The van der Waals surface area contributed by atoms with Gasteiger partial charge in [0.05, 0.1) is 12.7 Å². The Bertz CT molecular complexity index is 368. The van der Waals surface area contributed by atoms with E-state index in [1.165, 1.54) is 19.3 Å². The van der Waals surface area contributed by atoms with Gasteiger partial charge in [-0.15, -0.1) is 0 Å². The predicted octanol–water partition coefficient (Wildman–Crippen LogP) is 1.50. The van der Waals surface area contributed by atoms with Crippen LogP contribution in [-0.4, -0.2) is 23.3 Å². The molecule has 14 heavy (non-hydrogen) atoms. The molecule has 2 N–H and O–H groups in total. The minimum atomic E-state index is -1.07. The van der Waals surface area contributed by atoms with Crippen LogP contribution in [0.4, 0.5) is 0 Å². The summed E-state index contributed by atoms with van der Waals surface area (Å²) in [6.07, 6.45) is 2.23. The first-order valence-electron chi connectivity index (χ1n) is 3.92. The van der Waals surface area contributed by atoms with E-state index in [-0.39, 0.29) is 5.75 Å². The average molecular weight is 194 g/mol. The highest BCUT2D eigenvalue weighted by Gasteiger charge is 2.04. The molecule has 4 heteroatoms. The van der Waals surface area contributed by atoms with Crippen LogP contribution in [0.5, 0.6) is 11.5 Å². The Labute approximate surface area is 81.1 Å². The molecule has 0 amide bonds. The first kappa shape index (κ1) is 10.1. The number of carbonyl (C=O) groups is 1. The summed E-state index contributed by atoms with van der Waals surface area (Å²) in [6, 6.07) is 4.72. The molecule has 0 heterocycles. The molecule has 0 atom stereocenters. The van der Waals surface area contributed by atoms with Gasteiger partial charge in [-0.2, -0.15) is 0 Å². The van der Waals surface area contributed by atoms with E-state index < -0.39 is 5.97 Å². The molecule has 4 nitrogen and oxygen atoms in total. The molecule has 0 bridgehead atoms. The number of aliphatic carboxylic acids is 1. The highest BCUT2D eigenvalue weighted by molar-refractivity contribution is 5.86. The maximum Gasteiger partial charge on any atom is 0.328 e. The van der Waals surface area contributed by atoms with Gasteiger partial charge in [0.25, 0.3) is 0 Å². The summed E-state index contributed by atoms with van der Waals surface area (Å²) in [7, 11) is 1.45. The van der Waals surface area contributed by atoms with Crippen LogP contribution in [0.15, 0.2) is 24.3 Å². The van der Waals surface area contributed by atoms with Gasteiger partial charge in [0.2, 0.25) is 0 Å². The standard InChI is InChI=1S/C10H10O4/c1-14-9-4-2-3-8(11)7(9)5-6-10(12)13/h2-6,11H,1H3,(H,12,13). The van der Waals surface area contributed by atoms with E-state index in [1.807, 2.05) is 0 Å². The largest absolute Gasteiger partial charge is 0.507 e. The molecule has 1 aromatic carbocycles. The second-order valence-electron chi connectivity index (χ2n) is 2.56. The van der Waals surface area contributed by atoms with Crippen LogP contribution in [0.3, 0.4) is 0 Å². The fraction of sp³-hybridized carbons (Fsp3) is 0.100. The number of aromatic hydroxyl groups is 1. The third-order valence-electron chi connectivity index (χ3n) is 1.66. The van der Waals surface area contributed by atoms with E-state index in [4.69, 9.17) is 9.84 Å². The van der Waals surface area contributed by atoms with Crippen molar-refractivity contribution in [3.63, 3.8) is 0 Å². The summed E-state index contributed by atoms with van der Waals surface area (Å²) in [4.78, 5) is 10.3. The van der Waals surface area contributed by atoms with E-state index in [0.29, 0.717) is 11.3 Å². The maximum absolute atomic E-state index is 10.3. The molecule has 0 saturated heterocycles. The van der Waals surface area contributed by atoms with E-state index in [0.717, 1.165) is 6.08 Å². The van der Waals surface area contributed by atoms with Crippen molar-refractivity contribution in [2.24, 2.45) is 0 Å². The molecule has 0 spiro atoms. The van der Waals surface area contributed by atoms with Gasteiger partial charge in [0, 0.05) is 6.08 Å². The van der Waals surface area contributed by atoms with Crippen molar-refractivity contribution in [1.82, 2.24) is 0 Å². The van der Waals surface area contributed by atoms with E-state index in [1.54, 1.807) is 12.1 Å². The van der Waals surface area contributed by atoms with Gasteiger partial charge in [-0.3, -0.25) is 0 Å². The van der Waals surface area contributed by atoms with Gasteiger partial charge in [0.1, 0.15) is 11.5 Å². The number of hydrogen-bond acceptors (Lipinski definition) is 3. The summed E-state index contributed by atoms with van der Waals surface area (Å²) >= 11 is 0. The molecule has 0 aliphatic rings. The van der Waals surface area contributed by atoms with Crippen LogP contribution >= 0.6 is 0 Å². The second kappa shape index (κ2) is 4.32. The SMILES string of the molecule is COc1cccc(O)c1C=CC(=O)O. The average Bonchev–Trinajstić information content (AvgIpc) is 2.15. The first-order valence-corrected chi connectivity index (χ1v) is 3.92. The number of carboxylic acids is 1. The van der Waals surface area contributed by atoms with Crippen molar-refractivity contribution >= 4 is 12.0 Å². The van der Waals surface area contributed by atoms with Gasteiger partial charge >= 0.3 is 5.97 Å². The summed E-state index contributed by atoms with van der Waals surface area (Å²) in [5.41, 5.74) is 0.359. The zero-order chi connectivity index (χ0) is 10.6. The molecule has 1 rings (SSSR count). The number of phenolic OH excluding ortho intramolecular Hbond substituents is 1. The summed E-state index contributed by atoms with van der Waals surface area (Å²) in [5, 5.41) is 17.8. The van der Waals surface area contributed by atoms with E-state index in [2.05, 4.69) is 0 Å². The van der Waals surface area contributed by atoms with Crippen LogP contribution in [0.1, 0.15) is 5.56 Å². The Balaban J connectivity index is 3.11. The summed E-state index contributed by atoms with van der Waals surface area (Å²) in [6.45, 7) is 0. The van der Waals surface area contributed by atoms with Gasteiger partial charge < -0.3 is 14.9 Å². The Morgan fingerprint density at radius 1 is 1.50 bits per heavy atom. The van der Waals surface area contributed by atoms with Gasteiger partial charge in [-0.1, -0.05) is 6.07 Å². The molecular weight excluding hydrogens is 184 g/mol. The third kappa shape index (κ3) is 2.26. The van der Waals surface area contributed by atoms with Crippen molar-refractivity contribution in [2.45, 2.75) is 0 Å². The number of benzene rings is 1. The fourth-order valence-corrected chi connectivity index (χ4v) is 1.03. The number of carboxylic acid groups (broad SMARTS) is 1. The van der Waals surface area contributed by atoms with Gasteiger partial charge in [0.15, 0.2) is 0 Å². The van der Waals surface area contributed by atoms with E-state index in [9.17, 15) is 9.90 Å². The summed E-state index contributed by atoms with van der Waals surface area (Å²) in [5.74, 6) is -0.653. The lowest BCUT2D eigenvalue weighted by Crippen LogP contribution is -1.89. The number of ether oxygens (including phenoxy) is 1. The molecule has 0 unspecified atom stereocenters. The summed E-state index contributed by atoms with van der Waals surface area (Å²) < 4.78 is 4.95. The molecule has 1 aromatic rings. The minimum Gasteiger partial charge on any atom is -0.507 e. The van der Waals surface area contributed by atoms with Crippen molar-refractivity contribution in [1.29, 1.82) is 0 Å². The smallest absolute Gasteiger partial charge is 0.328 e. The number of rotatable bonds is 3. The van der Waals surface area contributed by atoms with Crippen LogP contribution in [-0.2, 0) is 4.79 Å². The predicted molar refractivity (Wildman–Crippen MR) is 51.3 cm³/mol. The highest BCUT2D eigenvalue weighted by Crippen LogP contribution is 2.28. The second-order valence-corrected chi connectivity index (χ2v) is 2.56. The zero-order valence-electron chi connectivity index (χ0n) is 7.60. The molecule has 0 aliphatic heterocycles. The normalized spacial score (nSPS) is 10.4. The Morgan fingerprint density at radius 3 is 2.79 bits per heavy atom. The lowest BCUT2D eigenvalue weighted by Gasteiger charge is -2.05. The van der Waals surface area contributed by atoms with Crippen molar-refractivity contribution in [3.05, 3.63) is 29.8 Å². The number of methoxy groups -OCH3 is 1. The fourth-order valence-electron chi connectivity index (χ4n) is 1.03. The maximum atomic E-state index is 10.3. The minimum absolute atomic E-state index is 0.0122. The Morgan fingerprint density at radius 2 is 2.21 bits per heavy atom. The zero-order valence-corrected chi connectivity index (χ0v) is 7.60. The van der Waals surface area contributed by atoms with Crippen molar-refractivity contribution < 1.29 is 19.7 Å². The van der Waals surface area contributed by atoms with Crippen LogP contribution in [0, 0.1) is 0 Å². The third-order valence-corrected chi connectivity index (χ3v) is 1.66. The van der Waals surface area contributed by atoms with Gasteiger partial charge in [-0.25, -0.2) is 4.79 Å².